The highest BCUT2D eigenvalue weighted by Gasteiger charge is 2.55. The third-order valence-electron chi connectivity index (χ3n) is 3.51. The van der Waals surface area contributed by atoms with Crippen LogP contribution < -0.4 is 0 Å². The second kappa shape index (κ2) is 4.15. The van der Waals surface area contributed by atoms with Crippen molar-refractivity contribution >= 4 is 5.91 Å². The van der Waals surface area contributed by atoms with Crippen molar-refractivity contribution in [3.63, 3.8) is 0 Å². The minimum Gasteiger partial charge on any atom is -0.379 e. The Bertz CT molecular complexity index is 314. The molecule has 2 rings (SSSR count). The number of nitrogens with zero attached hydrogens (tertiary/aromatic N) is 1. The fourth-order valence-electron chi connectivity index (χ4n) is 2.18. The number of alkyl halides is 3. The number of piperidine rings is 1. The van der Waals surface area contributed by atoms with Crippen LogP contribution in [0.15, 0.2) is 0 Å². The Kier molecular flexibility index (Phi) is 3.10. The van der Waals surface area contributed by atoms with E-state index >= 15 is 0 Å². The molecule has 0 aromatic heterocycles. The fraction of sp³-hybridized carbons (Fsp3) is 0.909. The largest absolute Gasteiger partial charge is 0.418 e. The van der Waals surface area contributed by atoms with Crippen molar-refractivity contribution in [1.82, 2.24) is 4.90 Å². The molecule has 98 valence electrons. The van der Waals surface area contributed by atoms with Gasteiger partial charge in [-0.05, 0) is 31.6 Å². The first-order chi connectivity index (χ1) is 7.82. The second-order valence-corrected chi connectivity index (χ2v) is 5.10. The number of likely N-dealkylation sites (tertiary alicyclic amines) is 1. The summed E-state index contributed by atoms with van der Waals surface area (Å²) < 4.78 is 37.9. The Balaban J connectivity index is 1.98. The smallest absolute Gasteiger partial charge is 0.379 e. The van der Waals surface area contributed by atoms with E-state index in [1.165, 1.54) is 0 Å². The molecule has 6 heteroatoms. The second-order valence-electron chi connectivity index (χ2n) is 5.10. The van der Waals surface area contributed by atoms with E-state index in [9.17, 15) is 23.1 Å². The Morgan fingerprint density at radius 3 is 2.59 bits per heavy atom. The van der Waals surface area contributed by atoms with E-state index < -0.39 is 18.3 Å². The highest BCUT2D eigenvalue weighted by atomic mass is 19.4. The first kappa shape index (κ1) is 12.7. The van der Waals surface area contributed by atoms with E-state index in [0.29, 0.717) is 18.9 Å². The average Bonchev–Trinajstić information content (AvgIpc) is 3.00. The van der Waals surface area contributed by atoms with E-state index in [1.54, 1.807) is 0 Å². The van der Waals surface area contributed by atoms with Crippen LogP contribution in [0.2, 0.25) is 0 Å². The first-order valence-electron chi connectivity index (χ1n) is 5.89. The summed E-state index contributed by atoms with van der Waals surface area (Å²) in [5.41, 5.74) is -2.72. The zero-order valence-corrected chi connectivity index (χ0v) is 9.46. The van der Waals surface area contributed by atoms with E-state index in [1.807, 2.05) is 0 Å². The molecule has 0 aromatic rings. The molecular formula is C11H16F3NO2. The van der Waals surface area contributed by atoms with Gasteiger partial charge in [0.05, 0.1) is 6.54 Å². The molecular weight excluding hydrogens is 235 g/mol. The van der Waals surface area contributed by atoms with Crippen molar-refractivity contribution in [2.75, 3.05) is 13.1 Å². The van der Waals surface area contributed by atoms with Crippen LogP contribution in [0.4, 0.5) is 13.2 Å². The Morgan fingerprint density at radius 1 is 1.41 bits per heavy atom. The molecule has 1 amide bonds. The Morgan fingerprint density at radius 2 is 2.06 bits per heavy atom. The van der Waals surface area contributed by atoms with Gasteiger partial charge < -0.3 is 10.0 Å². The molecule has 17 heavy (non-hydrogen) atoms. The van der Waals surface area contributed by atoms with Crippen molar-refractivity contribution in [2.24, 2.45) is 5.92 Å². The van der Waals surface area contributed by atoms with Gasteiger partial charge in [0.2, 0.25) is 5.91 Å². The van der Waals surface area contributed by atoms with Gasteiger partial charge >= 0.3 is 6.18 Å². The van der Waals surface area contributed by atoms with Gasteiger partial charge in [0.1, 0.15) is 0 Å². The van der Waals surface area contributed by atoms with Crippen LogP contribution in [-0.2, 0) is 4.79 Å². The molecule has 2 aliphatic rings. The molecule has 1 aliphatic heterocycles. The van der Waals surface area contributed by atoms with Crippen molar-refractivity contribution in [2.45, 2.75) is 43.9 Å². The summed E-state index contributed by atoms with van der Waals surface area (Å²) in [6.45, 7) is -0.286. The van der Waals surface area contributed by atoms with Gasteiger partial charge in [0, 0.05) is 13.0 Å². The summed E-state index contributed by atoms with van der Waals surface area (Å²) in [6, 6.07) is 0. The number of hydrogen-bond acceptors (Lipinski definition) is 2. The summed E-state index contributed by atoms with van der Waals surface area (Å²) in [7, 11) is 0. The lowest BCUT2D eigenvalue weighted by molar-refractivity contribution is -0.272. The lowest BCUT2D eigenvalue weighted by Gasteiger charge is -2.40. The zero-order valence-electron chi connectivity index (χ0n) is 9.46. The minimum atomic E-state index is -4.66. The monoisotopic (exact) mass is 251 g/mol. The zero-order chi connectivity index (χ0) is 12.7. The molecule has 0 radical (unpaired) electrons. The maximum absolute atomic E-state index is 12.6. The topological polar surface area (TPSA) is 40.5 Å². The standard InChI is InChI=1S/C11H16F3NO2/c12-11(13,14)10(17)4-1-5-15(7-10)9(16)6-8-2-3-8/h8,17H,1-7H2/t10-/m0/s1. The maximum Gasteiger partial charge on any atom is 0.418 e. The molecule has 1 N–H and O–H groups in total. The summed E-state index contributed by atoms with van der Waals surface area (Å²) >= 11 is 0. The van der Waals surface area contributed by atoms with Gasteiger partial charge in [-0.25, -0.2) is 0 Å². The van der Waals surface area contributed by atoms with Crippen molar-refractivity contribution in [3.05, 3.63) is 0 Å². The van der Waals surface area contributed by atoms with Crippen LogP contribution in [0.25, 0.3) is 0 Å². The molecule has 3 nitrogen and oxygen atoms in total. The van der Waals surface area contributed by atoms with E-state index in [2.05, 4.69) is 0 Å². The van der Waals surface area contributed by atoms with Crippen LogP contribution >= 0.6 is 0 Å². The highest BCUT2D eigenvalue weighted by molar-refractivity contribution is 5.77. The first-order valence-corrected chi connectivity index (χ1v) is 5.89. The van der Waals surface area contributed by atoms with E-state index in [0.717, 1.165) is 17.7 Å². The molecule has 1 aliphatic carbocycles. The van der Waals surface area contributed by atoms with Gasteiger partial charge in [-0.1, -0.05) is 0 Å². The Labute approximate surface area is 97.6 Å². The molecule has 1 atom stereocenters. The van der Waals surface area contributed by atoms with Crippen molar-refractivity contribution in [3.8, 4) is 0 Å². The minimum absolute atomic E-state index is 0.201. The van der Waals surface area contributed by atoms with Crippen LogP contribution in [0.5, 0.6) is 0 Å². The molecule has 0 unspecified atom stereocenters. The van der Waals surface area contributed by atoms with Gasteiger partial charge in [-0.3, -0.25) is 4.79 Å². The summed E-state index contributed by atoms with van der Waals surface area (Å²) in [5.74, 6) is 0.0956. The quantitative estimate of drug-likeness (QED) is 0.811. The van der Waals surface area contributed by atoms with Crippen LogP contribution in [0.3, 0.4) is 0 Å². The number of amides is 1. The van der Waals surface area contributed by atoms with Gasteiger partial charge in [-0.15, -0.1) is 0 Å². The summed E-state index contributed by atoms with van der Waals surface area (Å²) in [4.78, 5) is 12.9. The van der Waals surface area contributed by atoms with Gasteiger partial charge in [-0.2, -0.15) is 13.2 Å². The normalized spacial score (nSPS) is 30.5. The predicted octanol–water partition coefficient (Wildman–Crippen LogP) is 1.70. The molecule has 1 heterocycles. The fourth-order valence-corrected chi connectivity index (χ4v) is 2.18. The molecule has 1 saturated heterocycles. The number of β-amino-alcohol motifs (C(OH)–C–C–N with tert-alkyl or cyclic N) is 1. The van der Waals surface area contributed by atoms with Crippen LogP contribution in [0.1, 0.15) is 32.1 Å². The SMILES string of the molecule is O=C(CC1CC1)N1CCC[C@@](O)(C(F)(F)F)C1. The van der Waals surface area contributed by atoms with E-state index in [4.69, 9.17) is 0 Å². The number of carbonyl (C=O) groups is 1. The number of hydrogen-bond donors (Lipinski definition) is 1. The van der Waals surface area contributed by atoms with Crippen molar-refractivity contribution < 1.29 is 23.1 Å². The van der Waals surface area contributed by atoms with E-state index in [-0.39, 0.29) is 18.7 Å². The van der Waals surface area contributed by atoms with Crippen LogP contribution in [-0.4, -0.2) is 40.8 Å². The van der Waals surface area contributed by atoms with Crippen LogP contribution in [0, 0.1) is 5.92 Å². The van der Waals surface area contributed by atoms with Gasteiger partial charge in [0.25, 0.3) is 0 Å². The molecule has 0 bridgehead atoms. The number of halogens is 3. The lowest BCUT2D eigenvalue weighted by atomic mass is 9.92. The molecule has 1 saturated carbocycles. The number of rotatable bonds is 2. The number of aliphatic hydroxyl groups is 1. The summed E-state index contributed by atoms with van der Waals surface area (Å²) in [5, 5.41) is 9.56. The predicted molar refractivity (Wildman–Crippen MR) is 54.2 cm³/mol. The molecule has 0 spiro atoms. The highest BCUT2D eigenvalue weighted by Crippen LogP contribution is 2.38. The van der Waals surface area contributed by atoms with Gasteiger partial charge in [0.15, 0.2) is 5.60 Å². The lowest BCUT2D eigenvalue weighted by Crippen LogP contribution is -2.58. The van der Waals surface area contributed by atoms with Crippen molar-refractivity contribution in [1.29, 1.82) is 0 Å². The number of carbonyl (C=O) groups excluding carboxylic acids is 1. The average molecular weight is 251 g/mol. The third kappa shape index (κ3) is 2.73. The third-order valence-corrected chi connectivity index (χ3v) is 3.51. The maximum atomic E-state index is 12.6. The Hall–Kier alpha value is -0.780. The summed E-state index contributed by atoms with van der Waals surface area (Å²) in [6.07, 6.45) is -2.47. The molecule has 0 aromatic carbocycles. The molecule has 2 fully saturated rings.